The average Bonchev–Trinajstić information content (AvgIpc) is 2.75. The second kappa shape index (κ2) is 7.01. The molecule has 132 valence electrons. The van der Waals surface area contributed by atoms with E-state index in [0.29, 0.717) is 31.7 Å². The number of halogens is 3. The zero-order chi connectivity index (χ0) is 17.2. The van der Waals surface area contributed by atoms with Crippen LogP contribution in [0.1, 0.15) is 37.2 Å². The van der Waals surface area contributed by atoms with Gasteiger partial charge in [0.15, 0.2) is 0 Å². The van der Waals surface area contributed by atoms with E-state index in [9.17, 15) is 18.0 Å². The van der Waals surface area contributed by atoms with E-state index in [1.165, 1.54) is 11.0 Å². The van der Waals surface area contributed by atoms with E-state index in [1.54, 1.807) is 18.2 Å². The molecule has 1 aromatic carbocycles. The van der Waals surface area contributed by atoms with Crippen molar-refractivity contribution in [2.75, 3.05) is 24.7 Å². The minimum atomic E-state index is -4.32. The Labute approximate surface area is 138 Å². The maximum Gasteiger partial charge on any atom is 0.414 e. The highest BCUT2D eigenvalue weighted by Gasteiger charge is 2.43. The molecule has 0 bridgehead atoms. The molecule has 2 heterocycles. The largest absolute Gasteiger partial charge is 0.446 e. The van der Waals surface area contributed by atoms with Crippen molar-refractivity contribution in [3.05, 3.63) is 29.8 Å². The molecule has 1 amide bonds. The number of ether oxygens (including phenoxy) is 2. The number of nitrogens with zero attached hydrogens (tertiary/aromatic N) is 1. The first kappa shape index (κ1) is 17.1. The van der Waals surface area contributed by atoms with Gasteiger partial charge in [0.1, 0.15) is 6.10 Å². The number of carbonyl (C=O) groups excluding carboxylic acids is 1. The van der Waals surface area contributed by atoms with Crippen molar-refractivity contribution in [1.29, 1.82) is 0 Å². The molecular formula is C17H20F3NO3. The molecule has 1 saturated heterocycles. The van der Waals surface area contributed by atoms with Gasteiger partial charge in [-0.15, -0.1) is 0 Å². The number of hydrogen-bond acceptors (Lipinski definition) is 3. The summed E-state index contributed by atoms with van der Waals surface area (Å²) in [6.07, 6.45) is -3.64. The van der Waals surface area contributed by atoms with Gasteiger partial charge >= 0.3 is 12.3 Å². The van der Waals surface area contributed by atoms with Crippen LogP contribution < -0.4 is 4.90 Å². The minimum absolute atomic E-state index is 0.0262. The van der Waals surface area contributed by atoms with E-state index in [1.807, 2.05) is 0 Å². The number of fused-ring (bicyclic) bond motifs is 1. The number of anilines is 1. The predicted molar refractivity (Wildman–Crippen MR) is 82.1 cm³/mol. The van der Waals surface area contributed by atoms with Gasteiger partial charge in [0.25, 0.3) is 0 Å². The number of carbonyl (C=O) groups is 1. The van der Waals surface area contributed by atoms with Gasteiger partial charge in [0.2, 0.25) is 0 Å². The number of rotatable bonds is 1. The Morgan fingerprint density at radius 2 is 1.88 bits per heavy atom. The molecule has 2 aliphatic rings. The van der Waals surface area contributed by atoms with E-state index >= 15 is 0 Å². The summed E-state index contributed by atoms with van der Waals surface area (Å²) in [5, 5.41) is 0. The summed E-state index contributed by atoms with van der Waals surface area (Å²) in [5.74, 6) is -1.55. The summed E-state index contributed by atoms with van der Waals surface area (Å²) < 4.78 is 50.8. The molecule has 3 rings (SSSR count). The van der Waals surface area contributed by atoms with Crippen molar-refractivity contribution in [1.82, 2.24) is 0 Å². The standard InChI is InChI=1S/C17H20F3NO3/c18-17(19,20)14-5-3-9-21(15-6-2-1-4-13(14)15)16(22)24-12-7-10-23-11-8-12/h1-2,4,6,12,14H,3,5,7-11H2. The van der Waals surface area contributed by atoms with E-state index in [2.05, 4.69) is 0 Å². The van der Waals surface area contributed by atoms with Crippen molar-refractivity contribution in [2.24, 2.45) is 0 Å². The lowest BCUT2D eigenvalue weighted by Crippen LogP contribution is -2.37. The van der Waals surface area contributed by atoms with Crippen LogP contribution in [0.15, 0.2) is 24.3 Å². The molecule has 0 saturated carbocycles. The van der Waals surface area contributed by atoms with Crippen molar-refractivity contribution in [3.8, 4) is 0 Å². The van der Waals surface area contributed by atoms with Gasteiger partial charge < -0.3 is 9.47 Å². The highest BCUT2D eigenvalue weighted by molar-refractivity contribution is 5.89. The lowest BCUT2D eigenvalue weighted by atomic mass is 9.93. The third-order valence-electron chi connectivity index (χ3n) is 4.53. The third kappa shape index (κ3) is 3.66. The number of amides is 1. The summed E-state index contributed by atoms with van der Waals surface area (Å²) in [6, 6.07) is 6.23. The van der Waals surface area contributed by atoms with Gasteiger partial charge in [-0.05, 0) is 24.5 Å². The van der Waals surface area contributed by atoms with Crippen LogP contribution in [0.5, 0.6) is 0 Å². The molecule has 0 N–H and O–H groups in total. The van der Waals surface area contributed by atoms with Gasteiger partial charge in [-0.25, -0.2) is 4.79 Å². The zero-order valence-electron chi connectivity index (χ0n) is 13.2. The monoisotopic (exact) mass is 343 g/mol. The topological polar surface area (TPSA) is 38.8 Å². The number of hydrogen-bond donors (Lipinski definition) is 0. The molecule has 7 heteroatoms. The van der Waals surface area contributed by atoms with Gasteiger partial charge in [0, 0.05) is 19.4 Å². The predicted octanol–water partition coefficient (Wildman–Crippen LogP) is 4.25. The molecule has 0 radical (unpaired) electrons. The quantitative estimate of drug-likeness (QED) is 0.765. The highest BCUT2D eigenvalue weighted by atomic mass is 19.4. The Hall–Kier alpha value is -1.76. The van der Waals surface area contributed by atoms with Crippen molar-refractivity contribution < 1.29 is 27.4 Å². The Bertz CT molecular complexity index is 585. The first-order valence-corrected chi connectivity index (χ1v) is 8.18. The number of para-hydroxylation sites is 1. The van der Waals surface area contributed by atoms with Crippen molar-refractivity contribution >= 4 is 11.8 Å². The smallest absolute Gasteiger partial charge is 0.414 e. The third-order valence-corrected chi connectivity index (χ3v) is 4.53. The molecule has 1 unspecified atom stereocenters. The fourth-order valence-corrected chi connectivity index (χ4v) is 3.29. The minimum Gasteiger partial charge on any atom is -0.446 e. The molecule has 0 spiro atoms. The maximum atomic E-state index is 13.4. The molecule has 0 aliphatic carbocycles. The van der Waals surface area contributed by atoms with Crippen LogP contribution in [0.3, 0.4) is 0 Å². The van der Waals surface area contributed by atoms with Crippen LogP contribution in [-0.2, 0) is 9.47 Å². The second-order valence-electron chi connectivity index (χ2n) is 6.14. The lowest BCUT2D eigenvalue weighted by molar-refractivity contribution is -0.151. The maximum absolute atomic E-state index is 13.4. The first-order chi connectivity index (χ1) is 11.5. The van der Waals surface area contributed by atoms with Crippen LogP contribution in [0, 0.1) is 0 Å². The molecule has 24 heavy (non-hydrogen) atoms. The SMILES string of the molecule is O=C(OC1CCOCC1)N1CCCC(C(F)(F)F)c2ccccc21. The molecule has 4 nitrogen and oxygen atoms in total. The molecule has 2 aliphatic heterocycles. The summed E-state index contributed by atoms with van der Waals surface area (Å²) in [7, 11) is 0. The van der Waals surface area contributed by atoms with Gasteiger partial charge in [-0.1, -0.05) is 18.2 Å². The van der Waals surface area contributed by atoms with Gasteiger partial charge in [-0.2, -0.15) is 13.2 Å². The van der Waals surface area contributed by atoms with E-state index < -0.39 is 18.2 Å². The normalized spacial score (nSPS) is 22.6. The zero-order valence-corrected chi connectivity index (χ0v) is 13.2. The summed E-state index contributed by atoms with van der Waals surface area (Å²) >= 11 is 0. The van der Waals surface area contributed by atoms with Crippen molar-refractivity contribution in [2.45, 2.75) is 43.9 Å². The van der Waals surface area contributed by atoms with Crippen molar-refractivity contribution in [3.63, 3.8) is 0 Å². The molecule has 1 atom stereocenters. The van der Waals surface area contributed by atoms with E-state index in [0.717, 1.165) is 0 Å². The Morgan fingerprint density at radius 1 is 1.17 bits per heavy atom. The Kier molecular flexibility index (Phi) is 4.99. The fourth-order valence-electron chi connectivity index (χ4n) is 3.29. The molecule has 1 aromatic rings. The highest BCUT2D eigenvalue weighted by Crippen LogP contribution is 2.44. The fraction of sp³-hybridized carbons (Fsp3) is 0.588. The summed E-state index contributed by atoms with van der Waals surface area (Å²) in [5.41, 5.74) is 0.445. The average molecular weight is 343 g/mol. The van der Waals surface area contributed by atoms with Crippen LogP contribution in [0.2, 0.25) is 0 Å². The molecule has 0 aromatic heterocycles. The van der Waals surface area contributed by atoms with Crippen LogP contribution in [0.4, 0.5) is 23.7 Å². The summed E-state index contributed by atoms with van der Waals surface area (Å²) in [4.78, 5) is 13.9. The Balaban J connectivity index is 1.83. The second-order valence-corrected chi connectivity index (χ2v) is 6.14. The van der Waals surface area contributed by atoms with Crippen LogP contribution in [-0.4, -0.2) is 38.1 Å². The van der Waals surface area contributed by atoms with Gasteiger partial charge in [-0.3, -0.25) is 4.90 Å². The van der Waals surface area contributed by atoms with E-state index in [4.69, 9.17) is 9.47 Å². The van der Waals surface area contributed by atoms with E-state index in [-0.39, 0.29) is 31.1 Å². The lowest BCUT2D eigenvalue weighted by Gasteiger charge is -2.28. The molecular weight excluding hydrogens is 323 g/mol. The Morgan fingerprint density at radius 3 is 2.58 bits per heavy atom. The first-order valence-electron chi connectivity index (χ1n) is 8.18. The number of alkyl halides is 3. The van der Waals surface area contributed by atoms with Crippen LogP contribution in [0.25, 0.3) is 0 Å². The van der Waals surface area contributed by atoms with Crippen LogP contribution >= 0.6 is 0 Å². The molecule has 1 fully saturated rings. The number of benzene rings is 1. The summed E-state index contributed by atoms with van der Waals surface area (Å²) in [6.45, 7) is 1.29. The van der Waals surface area contributed by atoms with Gasteiger partial charge in [0.05, 0.1) is 24.8 Å².